The predicted molar refractivity (Wildman–Crippen MR) is 82.4 cm³/mol. The van der Waals surface area contributed by atoms with Crippen LogP contribution >= 0.6 is 11.8 Å². The van der Waals surface area contributed by atoms with Gasteiger partial charge in [0.2, 0.25) is 0 Å². The van der Waals surface area contributed by atoms with Crippen LogP contribution in [-0.2, 0) is 0 Å². The number of likely N-dealkylation sites (tertiary alicyclic amines) is 1. The zero-order chi connectivity index (χ0) is 12.8. The lowest BCUT2D eigenvalue weighted by atomic mass is 9.89. The summed E-state index contributed by atoms with van der Waals surface area (Å²) in [4.78, 5) is 2.64. The highest BCUT2D eigenvalue weighted by molar-refractivity contribution is 7.99. The van der Waals surface area contributed by atoms with Gasteiger partial charge in [-0.05, 0) is 70.3 Å². The molecule has 2 saturated heterocycles. The average Bonchev–Trinajstić information content (AvgIpc) is 2.41. The van der Waals surface area contributed by atoms with E-state index in [1.165, 1.54) is 63.2 Å². The normalized spacial score (nSPS) is 29.3. The molecule has 0 aromatic rings. The molecule has 2 aliphatic heterocycles. The Labute approximate surface area is 117 Å². The quantitative estimate of drug-likeness (QED) is 0.827. The predicted octanol–water partition coefficient (Wildman–Crippen LogP) is 2.98. The molecule has 0 aromatic carbocycles. The summed E-state index contributed by atoms with van der Waals surface area (Å²) < 4.78 is 0. The molecule has 1 N–H and O–H groups in total. The van der Waals surface area contributed by atoms with Gasteiger partial charge in [-0.25, -0.2) is 0 Å². The van der Waals surface area contributed by atoms with Gasteiger partial charge in [0.25, 0.3) is 0 Å². The van der Waals surface area contributed by atoms with Crippen LogP contribution in [-0.4, -0.2) is 48.1 Å². The van der Waals surface area contributed by atoms with Crippen molar-refractivity contribution in [2.45, 2.75) is 58.0 Å². The molecule has 0 saturated carbocycles. The topological polar surface area (TPSA) is 15.3 Å². The molecule has 2 unspecified atom stereocenters. The van der Waals surface area contributed by atoms with Crippen LogP contribution in [0.2, 0.25) is 0 Å². The lowest BCUT2D eigenvalue weighted by Crippen LogP contribution is -2.47. The molecule has 0 spiro atoms. The number of nitrogens with one attached hydrogen (secondary N) is 1. The van der Waals surface area contributed by atoms with Crippen molar-refractivity contribution in [3.63, 3.8) is 0 Å². The summed E-state index contributed by atoms with van der Waals surface area (Å²) in [6, 6.07) is 1.50. The van der Waals surface area contributed by atoms with Crippen molar-refractivity contribution in [3.8, 4) is 0 Å². The summed E-state index contributed by atoms with van der Waals surface area (Å²) in [6.07, 6.45) is 6.90. The maximum atomic E-state index is 3.90. The van der Waals surface area contributed by atoms with E-state index in [-0.39, 0.29) is 0 Å². The average molecular weight is 270 g/mol. The van der Waals surface area contributed by atoms with Gasteiger partial charge in [-0.1, -0.05) is 6.92 Å². The number of hydrogen-bond donors (Lipinski definition) is 1. The molecule has 0 aromatic heterocycles. The van der Waals surface area contributed by atoms with Crippen molar-refractivity contribution < 1.29 is 0 Å². The smallest absolute Gasteiger partial charge is 0.0161 e. The van der Waals surface area contributed by atoms with Gasteiger partial charge in [0.15, 0.2) is 0 Å². The zero-order valence-electron chi connectivity index (χ0n) is 12.2. The molecule has 2 aliphatic rings. The number of piperidine rings is 1. The lowest BCUT2D eigenvalue weighted by Gasteiger charge is -2.37. The van der Waals surface area contributed by atoms with E-state index >= 15 is 0 Å². The zero-order valence-corrected chi connectivity index (χ0v) is 13.0. The third-order valence-electron chi connectivity index (χ3n) is 4.54. The van der Waals surface area contributed by atoms with E-state index in [2.05, 4.69) is 35.8 Å². The van der Waals surface area contributed by atoms with Crippen LogP contribution < -0.4 is 5.32 Å². The Balaban J connectivity index is 1.68. The van der Waals surface area contributed by atoms with Crippen LogP contribution in [0.4, 0.5) is 0 Å². The van der Waals surface area contributed by atoms with E-state index in [1.807, 2.05) is 0 Å². The molecule has 2 atom stereocenters. The van der Waals surface area contributed by atoms with Gasteiger partial charge in [0.05, 0.1) is 0 Å². The Hall–Kier alpha value is 0.270. The minimum absolute atomic E-state index is 0.720. The first-order chi connectivity index (χ1) is 8.79. The van der Waals surface area contributed by atoms with Crippen LogP contribution in [0.1, 0.15) is 46.0 Å². The van der Waals surface area contributed by atoms with Crippen molar-refractivity contribution in [2.24, 2.45) is 5.92 Å². The lowest BCUT2D eigenvalue weighted by molar-refractivity contribution is 0.159. The standard InChI is InChI=1S/C15H30N2S/c1-3-8-17-9-6-14(7-10-17)13(2)16-15-5-4-11-18-12-15/h13-16H,3-12H2,1-2H3. The SMILES string of the molecule is CCCN1CCC(C(C)NC2CCCSC2)CC1. The van der Waals surface area contributed by atoms with Gasteiger partial charge in [-0.2, -0.15) is 11.8 Å². The van der Waals surface area contributed by atoms with Crippen LogP contribution in [0.3, 0.4) is 0 Å². The Morgan fingerprint density at radius 2 is 2.06 bits per heavy atom. The summed E-state index contributed by atoms with van der Waals surface area (Å²) in [5, 5.41) is 3.90. The van der Waals surface area contributed by atoms with Crippen LogP contribution in [0.25, 0.3) is 0 Å². The van der Waals surface area contributed by atoms with E-state index in [0.717, 1.165) is 18.0 Å². The Morgan fingerprint density at radius 1 is 1.28 bits per heavy atom. The molecular weight excluding hydrogens is 240 g/mol. The third-order valence-corrected chi connectivity index (χ3v) is 5.75. The summed E-state index contributed by atoms with van der Waals surface area (Å²) in [5.74, 6) is 3.62. The highest BCUT2D eigenvalue weighted by Crippen LogP contribution is 2.23. The van der Waals surface area contributed by atoms with Gasteiger partial charge in [-0.15, -0.1) is 0 Å². The molecule has 0 aliphatic carbocycles. The second-order valence-corrected chi connectivity index (χ2v) is 7.20. The van der Waals surface area contributed by atoms with E-state index in [9.17, 15) is 0 Å². The van der Waals surface area contributed by atoms with Gasteiger partial charge in [0.1, 0.15) is 0 Å². The van der Waals surface area contributed by atoms with Crippen molar-refractivity contribution in [1.82, 2.24) is 10.2 Å². The number of nitrogens with zero attached hydrogens (tertiary/aromatic N) is 1. The summed E-state index contributed by atoms with van der Waals surface area (Å²) >= 11 is 2.13. The van der Waals surface area contributed by atoms with Crippen LogP contribution in [0, 0.1) is 5.92 Å². The van der Waals surface area contributed by atoms with E-state index in [1.54, 1.807) is 0 Å². The Kier molecular flexibility index (Phi) is 6.33. The van der Waals surface area contributed by atoms with E-state index in [0.29, 0.717) is 0 Å². The second-order valence-electron chi connectivity index (χ2n) is 6.05. The molecule has 3 heteroatoms. The summed E-state index contributed by atoms with van der Waals surface area (Å²) in [6.45, 7) is 8.65. The molecule has 0 radical (unpaired) electrons. The van der Waals surface area contributed by atoms with Gasteiger partial charge in [-0.3, -0.25) is 0 Å². The largest absolute Gasteiger partial charge is 0.310 e. The van der Waals surface area contributed by atoms with E-state index < -0.39 is 0 Å². The van der Waals surface area contributed by atoms with Crippen molar-refractivity contribution in [1.29, 1.82) is 0 Å². The third kappa shape index (κ3) is 4.43. The van der Waals surface area contributed by atoms with Crippen LogP contribution in [0.5, 0.6) is 0 Å². The summed E-state index contributed by atoms with van der Waals surface area (Å²) in [7, 11) is 0. The van der Waals surface area contributed by atoms with Gasteiger partial charge in [0, 0.05) is 17.8 Å². The van der Waals surface area contributed by atoms with Crippen molar-refractivity contribution >= 4 is 11.8 Å². The molecule has 0 amide bonds. The summed E-state index contributed by atoms with van der Waals surface area (Å²) in [5.41, 5.74) is 0. The second kappa shape index (κ2) is 7.76. The highest BCUT2D eigenvalue weighted by Gasteiger charge is 2.25. The monoisotopic (exact) mass is 270 g/mol. The first-order valence-corrected chi connectivity index (χ1v) is 9.01. The van der Waals surface area contributed by atoms with Crippen molar-refractivity contribution in [2.75, 3.05) is 31.1 Å². The molecule has 2 fully saturated rings. The maximum Gasteiger partial charge on any atom is 0.0161 e. The number of thioether (sulfide) groups is 1. The molecule has 106 valence electrons. The fourth-order valence-corrected chi connectivity index (χ4v) is 4.46. The number of hydrogen-bond acceptors (Lipinski definition) is 3. The Bertz CT molecular complexity index is 221. The maximum absolute atomic E-state index is 3.90. The minimum atomic E-state index is 0.720. The molecule has 2 rings (SSSR count). The van der Waals surface area contributed by atoms with Gasteiger partial charge >= 0.3 is 0 Å². The molecule has 18 heavy (non-hydrogen) atoms. The fraction of sp³-hybridized carbons (Fsp3) is 1.00. The van der Waals surface area contributed by atoms with Crippen LogP contribution in [0.15, 0.2) is 0 Å². The van der Waals surface area contributed by atoms with E-state index in [4.69, 9.17) is 0 Å². The van der Waals surface area contributed by atoms with Crippen molar-refractivity contribution in [3.05, 3.63) is 0 Å². The number of rotatable bonds is 5. The fourth-order valence-electron chi connectivity index (χ4n) is 3.37. The molecule has 2 nitrogen and oxygen atoms in total. The molecule has 0 bridgehead atoms. The van der Waals surface area contributed by atoms with Gasteiger partial charge < -0.3 is 10.2 Å². The minimum Gasteiger partial charge on any atom is -0.310 e. The molecular formula is C15H30N2S. The Morgan fingerprint density at radius 3 is 2.67 bits per heavy atom. The highest BCUT2D eigenvalue weighted by atomic mass is 32.2. The first-order valence-electron chi connectivity index (χ1n) is 7.85. The molecule has 2 heterocycles. The first kappa shape index (κ1) is 14.7.